The van der Waals surface area contributed by atoms with Crippen molar-refractivity contribution >= 4 is 14.1 Å². The number of phosphoric ester groups is 1. The molecule has 1 atom stereocenters. The van der Waals surface area contributed by atoms with Gasteiger partial charge in [-0.25, -0.2) is 4.57 Å². The fourth-order valence-corrected chi connectivity index (χ4v) is 2.98. The average Bonchev–Trinajstić information content (AvgIpc) is 2.38. The molecular weight excluding hydrogens is 267 g/mol. The minimum atomic E-state index is -3.59. The van der Waals surface area contributed by atoms with Crippen molar-refractivity contribution < 1.29 is 22.9 Å². The molecule has 0 amide bonds. The van der Waals surface area contributed by atoms with Gasteiger partial charge in [0.15, 0.2) is 0 Å². The molecule has 0 radical (unpaired) electrons. The quantitative estimate of drug-likeness (QED) is 0.538. The molecule has 0 aliphatic carbocycles. The lowest BCUT2D eigenvalue weighted by Gasteiger charge is -2.21. The number of phosphoric acid groups is 1. The van der Waals surface area contributed by atoms with Gasteiger partial charge in [-0.1, -0.05) is 24.3 Å². The first kappa shape index (κ1) is 16.1. The van der Waals surface area contributed by atoms with Crippen LogP contribution in [-0.2, 0) is 18.1 Å². The van der Waals surface area contributed by atoms with Gasteiger partial charge in [-0.3, -0.25) is 18.4 Å². The molecule has 0 aliphatic heterocycles. The molecule has 0 saturated heterocycles. The standard InChI is InChI=1S/C13H19O5P/c1-4-16-19(15,17-5-2)18-11(3)13-9-7-6-8-12(13)10-14/h6-11H,4-5H2,1-3H3. The highest BCUT2D eigenvalue weighted by molar-refractivity contribution is 7.48. The molecule has 0 heterocycles. The van der Waals surface area contributed by atoms with Crippen LogP contribution in [0, 0.1) is 0 Å². The van der Waals surface area contributed by atoms with Crippen LogP contribution in [0.3, 0.4) is 0 Å². The first-order chi connectivity index (χ1) is 9.06. The lowest BCUT2D eigenvalue weighted by atomic mass is 10.0. The third-order valence-corrected chi connectivity index (χ3v) is 4.15. The molecule has 1 rings (SSSR count). The van der Waals surface area contributed by atoms with E-state index < -0.39 is 13.9 Å². The summed E-state index contributed by atoms with van der Waals surface area (Å²) in [7, 11) is -3.59. The van der Waals surface area contributed by atoms with Gasteiger partial charge < -0.3 is 0 Å². The third-order valence-electron chi connectivity index (χ3n) is 2.42. The van der Waals surface area contributed by atoms with Crippen LogP contribution in [0.2, 0.25) is 0 Å². The van der Waals surface area contributed by atoms with Crippen LogP contribution < -0.4 is 0 Å². The van der Waals surface area contributed by atoms with E-state index in [0.717, 1.165) is 6.29 Å². The Labute approximate surface area is 113 Å². The second-order valence-corrected chi connectivity index (χ2v) is 5.40. The first-order valence-electron chi connectivity index (χ1n) is 6.18. The number of rotatable bonds is 8. The predicted molar refractivity (Wildman–Crippen MR) is 72.2 cm³/mol. The lowest BCUT2D eigenvalue weighted by Crippen LogP contribution is -2.06. The molecule has 1 unspecified atom stereocenters. The molecule has 0 aliphatic rings. The van der Waals surface area contributed by atoms with E-state index in [1.54, 1.807) is 45.0 Å². The summed E-state index contributed by atoms with van der Waals surface area (Å²) < 4.78 is 27.8. The Hall–Kier alpha value is -1.00. The third kappa shape index (κ3) is 4.55. The highest BCUT2D eigenvalue weighted by atomic mass is 31.2. The number of hydrogen-bond acceptors (Lipinski definition) is 5. The number of carbonyl (C=O) groups excluding carboxylic acids is 1. The zero-order valence-corrected chi connectivity index (χ0v) is 12.3. The molecule has 0 aromatic heterocycles. The summed E-state index contributed by atoms with van der Waals surface area (Å²) in [6, 6.07) is 6.96. The van der Waals surface area contributed by atoms with Crippen molar-refractivity contribution in [2.24, 2.45) is 0 Å². The van der Waals surface area contributed by atoms with Crippen molar-refractivity contribution in [2.75, 3.05) is 13.2 Å². The highest BCUT2D eigenvalue weighted by Gasteiger charge is 2.29. The number of carbonyl (C=O) groups is 1. The van der Waals surface area contributed by atoms with Crippen LogP contribution in [0.5, 0.6) is 0 Å². The number of aldehydes is 1. The van der Waals surface area contributed by atoms with Gasteiger partial charge in [-0.2, -0.15) is 0 Å². The smallest absolute Gasteiger partial charge is 0.298 e. The van der Waals surface area contributed by atoms with Gasteiger partial charge in [0.2, 0.25) is 0 Å². The molecule has 106 valence electrons. The Morgan fingerprint density at radius 1 is 1.21 bits per heavy atom. The van der Waals surface area contributed by atoms with Gasteiger partial charge in [0.25, 0.3) is 0 Å². The van der Waals surface area contributed by atoms with E-state index in [2.05, 4.69) is 0 Å². The van der Waals surface area contributed by atoms with Gasteiger partial charge in [0.1, 0.15) is 6.29 Å². The van der Waals surface area contributed by atoms with Crippen LogP contribution >= 0.6 is 7.82 Å². The maximum Gasteiger partial charge on any atom is 0.475 e. The fraction of sp³-hybridized carbons (Fsp3) is 0.462. The molecule has 1 aromatic rings. The number of hydrogen-bond donors (Lipinski definition) is 0. The predicted octanol–water partition coefficient (Wildman–Crippen LogP) is 3.76. The van der Waals surface area contributed by atoms with E-state index in [4.69, 9.17) is 13.6 Å². The van der Waals surface area contributed by atoms with Crippen LogP contribution in [0.1, 0.15) is 42.8 Å². The second-order valence-electron chi connectivity index (χ2n) is 3.78. The minimum Gasteiger partial charge on any atom is -0.298 e. The van der Waals surface area contributed by atoms with Crippen molar-refractivity contribution in [1.82, 2.24) is 0 Å². The van der Waals surface area contributed by atoms with Crippen LogP contribution in [0.25, 0.3) is 0 Å². The van der Waals surface area contributed by atoms with Crippen molar-refractivity contribution in [1.29, 1.82) is 0 Å². The molecule has 0 N–H and O–H groups in total. The van der Waals surface area contributed by atoms with Crippen LogP contribution in [0.4, 0.5) is 0 Å². The van der Waals surface area contributed by atoms with E-state index in [-0.39, 0.29) is 13.2 Å². The van der Waals surface area contributed by atoms with E-state index in [0.29, 0.717) is 11.1 Å². The van der Waals surface area contributed by atoms with E-state index in [1.807, 2.05) is 0 Å². The molecule has 6 heteroatoms. The SMILES string of the molecule is CCOP(=O)(OCC)OC(C)c1ccccc1C=O. The van der Waals surface area contributed by atoms with Gasteiger partial charge in [-0.15, -0.1) is 0 Å². The van der Waals surface area contributed by atoms with E-state index >= 15 is 0 Å². The Morgan fingerprint density at radius 2 is 1.79 bits per heavy atom. The highest BCUT2D eigenvalue weighted by Crippen LogP contribution is 2.53. The van der Waals surface area contributed by atoms with Crippen LogP contribution in [0.15, 0.2) is 24.3 Å². The van der Waals surface area contributed by atoms with E-state index in [1.165, 1.54) is 0 Å². The largest absolute Gasteiger partial charge is 0.475 e. The van der Waals surface area contributed by atoms with Gasteiger partial charge in [0, 0.05) is 5.56 Å². The van der Waals surface area contributed by atoms with E-state index in [9.17, 15) is 9.36 Å². The zero-order valence-electron chi connectivity index (χ0n) is 11.4. The maximum absolute atomic E-state index is 12.2. The van der Waals surface area contributed by atoms with Crippen molar-refractivity contribution in [3.63, 3.8) is 0 Å². The van der Waals surface area contributed by atoms with Crippen molar-refractivity contribution in [2.45, 2.75) is 26.9 Å². The Bertz CT molecular complexity index is 450. The van der Waals surface area contributed by atoms with Gasteiger partial charge >= 0.3 is 7.82 Å². The summed E-state index contributed by atoms with van der Waals surface area (Å²) in [5.74, 6) is 0. The first-order valence-corrected chi connectivity index (χ1v) is 7.64. The summed E-state index contributed by atoms with van der Waals surface area (Å²) in [4.78, 5) is 11.0. The fourth-order valence-electron chi connectivity index (χ4n) is 1.65. The number of benzene rings is 1. The molecule has 19 heavy (non-hydrogen) atoms. The Kier molecular flexibility index (Phi) is 6.38. The van der Waals surface area contributed by atoms with Crippen molar-refractivity contribution in [3.05, 3.63) is 35.4 Å². The molecule has 1 aromatic carbocycles. The maximum atomic E-state index is 12.2. The molecule has 0 fully saturated rings. The van der Waals surface area contributed by atoms with Crippen molar-refractivity contribution in [3.8, 4) is 0 Å². The zero-order chi connectivity index (χ0) is 14.3. The molecule has 0 spiro atoms. The van der Waals surface area contributed by atoms with Crippen LogP contribution in [-0.4, -0.2) is 19.5 Å². The Balaban J connectivity index is 2.90. The minimum absolute atomic E-state index is 0.222. The Morgan fingerprint density at radius 3 is 2.32 bits per heavy atom. The van der Waals surface area contributed by atoms with Gasteiger partial charge in [0.05, 0.1) is 19.3 Å². The molecule has 0 bridgehead atoms. The topological polar surface area (TPSA) is 61.8 Å². The monoisotopic (exact) mass is 286 g/mol. The average molecular weight is 286 g/mol. The normalized spacial score (nSPS) is 13.2. The molecular formula is C13H19O5P. The summed E-state index contributed by atoms with van der Waals surface area (Å²) in [5, 5.41) is 0. The molecule has 5 nitrogen and oxygen atoms in total. The molecule has 0 saturated carbocycles. The second kappa shape index (κ2) is 7.56. The lowest BCUT2D eigenvalue weighted by molar-refractivity contribution is 0.0897. The summed E-state index contributed by atoms with van der Waals surface area (Å²) >= 11 is 0. The van der Waals surface area contributed by atoms with Gasteiger partial charge in [-0.05, 0) is 26.3 Å². The summed E-state index contributed by atoms with van der Waals surface area (Å²) in [5.41, 5.74) is 1.15. The summed E-state index contributed by atoms with van der Waals surface area (Å²) in [6.07, 6.45) is 0.173. The summed E-state index contributed by atoms with van der Waals surface area (Å²) in [6.45, 7) is 5.56.